The predicted octanol–water partition coefficient (Wildman–Crippen LogP) is 2.54. The Morgan fingerprint density at radius 1 is 1.19 bits per heavy atom. The smallest absolute Gasteiger partial charge is 0.271 e. The van der Waals surface area contributed by atoms with Gasteiger partial charge in [0.2, 0.25) is 5.91 Å². The average molecular weight is 245 g/mol. The van der Waals surface area contributed by atoms with Gasteiger partial charge in [-0.2, -0.15) is 0 Å². The van der Waals surface area contributed by atoms with E-state index in [0.717, 1.165) is 0 Å². The lowest BCUT2D eigenvalue weighted by molar-refractivity contribution is -0.186. The third kappa shape index (κ3) is 3.09. The molecule has 1 heterocycles. The van der Waals surface area contributed by atoms with Crippen LogP contribution in [0.1, 0.15) is 32.7 Å². The second-order valence-corrected chi connectivity index (χ2v) is 4.70. The van der Waals surface area contributed by atoms with E-state index < -0.39 is 47.5 Å². The van der Waals surface area contributed by atoms with Crippen molar-refractivity contribution in [2.75, 3.05) is 13.0 Å². The minimum absolute atomic E-state index is 0.649. The summed E-state index contributed by atoms with van der Waals surface area (Å²) in [7, 11) is 0. The second-order valence-electron chi connectivity index (χ2n) is 4.70. The fraction of sp³-hybridized carbons (Fsp3) is 0.900. The zero-order chi connectivity index (χ0) is 16.4. The van der Waals surface area contributed by atoms with Crippen molar-refractivity contribution in [1.29, 1.82) is 0 Å². The van der Waals surface area contributed by atoms with Gasteiger partial charge in [0.15, 0.2) is 0 Å². The molecule has 0 aromatic rings. The van der Waals surface area contributed by atoms with Gasteiger partial charge in [-0.1, -0.05) is 20.8 Å². The molecule has 0 spiro atoms. The first kappa shape index (κ1) is 8.31. The van der Waals surface area contributed by atoms with Gasteiger partial charge in [0.05, 0.1) is 24.9 Å². The summed E-state index contributed by atoms with van der Waals surface area (Å²) in [4.78, 5) is 11.4. The molecule has 0 aromatic heterocycles. The highest BCUT2D eigenvalue weighted by Gasteiger charge is 2.52. The highest BCUT2D eigenvalue weighted by molar-refractivity contribution is 5.81. The zero-order valence-corrected chi connectivity index (χ0v) is 9.07. The molecule has 0 radical (unpaired) electrons. The Morgan fingerprint density at radius 2 is 1.56 bits per heavy atom. The molecule has 0 unspecified atom stereocenters. The van der Waals surface area contributed by atoms with Gasteiger partial charge in [-0.05, 0) is 0 Å². The summed E-state index contributed by atoms with van der Waals surface area (Å²) in [6.45, 7) is -4.09. The van der Waals surface area contributed by atoms with E-state index >= 15 is 0 Å². The van der Waals surface area contributed by atoms with Crippen LogP contribution in [0.25, 0.3) is 0 Å². The van der Waals surface area contributed by atoms with E-state index in [1.54, 1.807) is 0 Å². The van der Waals surface area contributed by atoms with Crippen LogP contribution in [0.2, 0.25) is 0 Å². The van der Waals surface area contributed by atoms with Gasteiger partial charge in [-0.15, -0.1) is 0 Å². The molecule has 1 fully saturated rings. The first-order chi connectivity index (χ1) is 8.48. The average Bonchev–Trinajstić information content (AvgIpc) is 2.11. The fourth-order valence-electron chi connectivity index (χ4n) is 1.15. The van der Waals surface area contributed by atoms with Crippen LogP contribution in [0, 0.1) is 5.41 Å². The van der Waals surface area contributed by atoms with Crippen molar-refractivity contribution in [2.45, 2.75) is 39.0 Å². The Hall–Kier alpha value is -0.810. The lowest BCUT2D eigenvalue weighted by atomic mass is 9.92. The number of hydrogen-bond acceptors (Lipinski definition) is 1. The Bertz CT molecular complexity index is 407. The van der Waals surface area contributed by atoms with E-state index in [9.17, 15) is 22.4 Å². The zero-order valence-electron chi connectivity index (χ0n) is 13.1. The molecule has 2 nitrogen and oxygen atoms in total. The molecule has 94 valence electrons. The van der Waals surface area contributed by atoms with Crippen LogP contribution in [0.5, 0.6) is 0 Å². The highest BCUT2D eigenvalue weighted by Crippen LogP contribution is 2.37. The minimum Gasteiger partial charge on any atom is -0.330 e. The lowest BCUT2D eigenvalue weighted by Gasteiger charge is -2.39. The molecule has 0 aliphatic carbocycles. The molecule has 1 aliphatic rings. The largest absolute Gasteiger partial charge is 0.330 e. The van der Waals surface area contributed by atoms with Crippen LogP contribution in [0.3, 0.4) is 0 Å². The standard InChI is InChI=1S/C10H15F4NO/c1-8(2,3)7(16)15-5-9(11,12)4-10(13,14)6-15/h4-6H2,1-3H3/i5D2,6D2. The van der Waals surface area contributed by atoms with E-state index in [2.05, 4.69) is 0 Å². The van der Waals surface area contributed by atoms with Crippen molar-refractivity contribution in [3.8, 4) is 0 Å². The fourth-order valence-corrected chi connectivity index (χ4v) is 1.15. The summed E-state index contributed by atoms with van der Waals surface area (Å²) in [6.07, 6.45) is -2.30. The Kier molecular flexibility index (Phi) is 1.87. The molecule has 0 bridgehead atoms. The number of likely N-dealkylation sites (tertiary alicyclic amines) is 1. The van der Waals surface area contributed by atoms with E-state index in [0.29, 0.717) is 0 Å². The maximum absolute atomic E-state index is 13.6. The number of rotatable bonds is 0. The molecule has 1 saturated heterocycles. The third-order valence-corrected chi connectivity index (χ3v) is 1.84. The normalized spacial score (nSPS) is 34.3. The molecule has 16 heavy (non-hydrogen) atoms. The highest BCUT2D eigenvalue weighted by atomic mass is 19.3. The molecule has 0 atom stereocenters. The molecule has 1 aliphatic heterocycles. The summed E-state index contributed by atoms with van der Waals surface area (Å²) in [5.41, 5.74) is -1.50. The summed E-state index contributed by atoms with van der Waals surface area (Å²) < 4.78 is 83.5. The predicted molar refractivity (Wildman–Crippen MR) is 50.5 cm³/mol. The number of amides is 1. The number of piperidine rings is 1. The summed E-state index contributed by atoms with van der Waals surface area (Å²) in [5, 5.41) is 0. The first-order valence-corrected chi connectivity index (χ1v) is 4.59. The van der Waals surface area contributed by atoms with Crippen LogP contribution in [0.4, 0.5) is 17.6 Å². The van der Waals surface area contributed by atoms with Gasteiger partial charge < -0.3 is 4.90 Å². The van der Waals surface area contributed by atoms with Crippen LogP contribution in [-0.4, -0.2) is 35.6 Å². The van der Waals surface area contributed by atoms with Gasteiger partial charge >= 0.3 is 0 Å². The van der Waals surface area contributed by atoms with Gasteiger partial charge in [0.1, 0.15) is 0 Å². The van der Waals surface area contributed by atoms with Crippen LogP contribution >= 0.6 is 0 Å². The van der Waals surface area contributed by atoms with Crippen molar-refractivity contribution in [3.63, 3.8) is 0 Å². The quantitative estimate of drug-likeness (QED) is 0.600. The van der Waals surface area contributed by atoms with Crippen molar-refractivity contribution in [3.05, 3.63) is 0 Å². The van der Waals surface area contributed by atoms with Crippen LogP contribution < -0.4 is 0 Å². The second kappa shape index (κ2) is 3.60. The van der Waals surface area contributed by atoms with Gasteiger partial charge in [-0.25, -0.2) is 17.6 Å². The van der Waals surface area contributed by atoms with Gasteiger partial charge in [-0.3, -0.25) is 4.79 Å². The summed E-state index contributed by atoms with van der Waals surface area (Å²) >= 11 is 0. The van der Waals surface area contributed by atoms with E-state index in [-0.39, 0.29) is 0 Å². The number of carbonyl (C=O) groups is 1. The van der Waals surface area contributed by atoms with Gasteiger partial charge in [0.25, 0.3) is 11.8 Å². The van der Waals surface area contributed by atoms with E-state index in [1.165, 1.54) is 20.8 Å². The number of nitrogens with zero attached hydrogens (tertiary/aromatic N) is 1. The minimum atomic E-state index is -4.57. The Morgan fingerprint density at radius 3 is 1.88 bits per heavy atom. The van der Waals surface area contributed by atoms with E-state index in [1.807, 2.05) is 0 Å². The third-order valence-electron chi connectivity index (χ3n) is 1.84. The first-order valence-electron chi connectivity index (χ1n) is 6.59. The molecule has 1 rings (SSSR count). The molecular weight excluding hydrogens is 226 g/mol. The Labute approximate surface area is 97.2 Å². The summed E-state index contributed by atoms with van der Waals surface area (Å²) in [5.74, 6) is -10.6. The molecule has 6 heteroatoms. The van der Waals surface area contributed by atoms with Crippen LogP contribution in [0.15, 0.2) is 0 Å². The maximum Gasteiger partial charge on any atom is 0.271 e. The van der Waals surface area contributed by atoms with Crippen LogP contribution in [-0.2, 0) is 4.79 Å². The Balaban J connectivity index is 3.52. The molecule has 1 amide bonds. The lowest BCUT2D eigenvalue weighted by Crippen LogP contribution is -2.56. The van der Waals surface area contributed by atoms with E-state index in [4.69, 9.17) is 5.48 Å². The summed E-state index contributed by atoms with van der Waals surface area (Å²) in [6, 6.07) is 0. The number of carbonyl (C=O) groups excluding carboxylic acids is 1. The molecule has 0 N–H and O–H groups in total. The number of alkyl halides is 4. The van der Waals surface area contributed by atoms with Crippen molar-refractivity contribution >= 4 is 5.91 Å². The van der Waals surface area contributed by atoms with Crippen molar-refractivity contribution < 1.29 is 27.8 Å². The molecule has 0 aromatic carbocycles. The maximum atomic E-state index is 13.6. The van der Waals surface area contributed by atoms with Crippen molar-refractivity contribution in [1.82, 2.24) is 4.90 Å². The monoisotopic (exact) mass is 245 g/mol. The number of halogens is 4. The van der Waals surface area contributed by atoms with Crippen molar-refractivity contribution in [2.24, 2.45) is 5.41 Å². The topological polar surface area (TPSA) is 20.3 Å². The van der Waals surface area contributed by atoms with Gasteiger partial charge in [0, 0.05) is 5.41 Å². The SMILES string of the molecule is [2H]C1([2H])N(C(=O)C(C)(C)C)C([2H])([2H])C(F)(F)CC1(F)F. The number of hydrogen-bond donors (Lipinski definition) is 0. The molecule has 0 saturated carbocycles. The molecular formula is C10H15F4NO.